The number of aromatic nitrogens is 2. The molecule has 43 heavy (non-hydrogen) atoms. The van der Waals surface area contributed by atoms with E-state index in [0.29, 0.717) is 11.8 Å². The Labute approximate surface area is 252 Å². The van der Waals surface area contributed by atoms with Crippen LogP contribution in [0.25, 0.3) is 61.2 Å². The van der Waals surface area contributed by atoms with Crippen LogP contribution in [-0.2, 0) is 5.41 Å². The van der Waals surface area contributed by atoms with Gasteiger partial charge in [-0.25, -0.2) is 4.98 Å². The Balaban J connectivity index is 1.49. The molecule has 3 heteroatoms. The smallest absolute Gasteiger partial charge is 0.149 e. The summed E-state index contributed by atoms with van der Waals surface area (Å²) in [6.45, 7) is 13.8. The molecule has 0 unspecified atom stereocenters. The Morgan fingerprint density at radius 1 is 0.674 bits per heavy atom. The highest BCUT2D eigenvalue weighted by Gasteiger charge is 2.37. The maximum absolute atomic E-state index is 6.84. The largest absolute Gasteiger partial charge is 0.455 e. The lowest BCUT2D eigenvalue weighted by molar-refractivity contribution is 0.657. The maximum atomic E-state index is 6.84. The number of para-hydroxylation sites is 4. The number of benzene rings is 5. The van der Waals surface area contributed by atoms with Crippen LogP contribution in [-0.4, -0.2) is 9.55 Å². The van der Waals surface area contributed by atoms with Gasteiger partial charge in [-0.05, 0) is 69.5 Å². The Hall–Kier alpha value is -4.63. The van der Waals surface area contributed by atoms with E-state index in [1.54, 1.807) is 0 Å². The lowest BCUT2D eigenvalue weighted by Crippen LogP contribution is -2.14. The first-order chi connectivity index (χ1) is 20.8. The van der Waals surface area contributed by atoms with Gasteiger partial charge >= 0.3 is 0 Å². The van der Waals surface area contributed by atoms with Gasteiger partial charge in [0.15, 0.2) is 0 Å². The molecule has 0 aliphatic heterocycles. The van der Waals surface area contributed by atoms with Gasteiger partial charge in [0.2, 0.25) is 0 Å². The van der Waals surface area contributed by atoms with E-state index < -0.39 is 0 Å². The summed E-state index contributed by atoms with van der Waals surface area (Å²) < 4.78 is 9.23. The van der Waals surface area contributed by atoms with Gasteiger partial charge < -0.3 is 4.42 Å². The first-order valence-electron chi connectivity index (χ1n) is 15.5. The van der Waals surface area contributed by atoms with Gasteiger partial charge in [0, 0.05) is 16.2 Å². The van der Waals surface area contributed by atoms with Gasteiger partial charge in [0.25, 0.3) is 0 Å². The summed E-state index contributed by atoms with van der Waals surface area (Å²) in [6.07, 6.45) is 0. The average Bonchev–Trinajstić information content (AvgIpc) is 3.65. The fourth-order valence-electron chi connectivity index (χ4n) is 7.46. The van der Waals surface area contributed by atoms with Crippen LogP contribution in [0, 0.1) is 0 Å². The summed E-state index contributed by atoms with van der Waals surface area (Å²) in [7, 11) is 0. The molecule has 1 aliphatic rings. The minimum atomic E-state index is -0.0664. The second-order valence-corrected chi connectivity index (χ2v) is 13.2. The Kier molecular flexibility index (Phi) is 5.56. The van der Waals surface area contributed by atoms with Crippen LogP contribution in [0.3, 0.4) is 0 Å². The number of furan rings is 1. The molecule has 5 aromatic carbocycles. The molecule has 212 valence electrons. The Bertz CT molecular complexity index is 2200. The zero-order valence-electron chi connectivity index (χ0n) is 25.7. The molecule has 0 radical (unpaired) electrons. The lowest BCUT2D eigenvalue weighted by Gasteiger charge is -2.22. The molecular weight excluding hydrogens is 524 g/mol. The van der Waals surface area contributed by atoms with Crippen molar-refractivity contribution in [2.24, 2.45) is 0 Å². The van der Waals surface area contributed by atoms with E-state index in [-0.39, 0.29) is 5.41 Å². The normalized spacial score (nSPS) is 14.0. The fraction of sp³-hybridized carbons (Fsp3) is 0.225. The third-order valence-corrected chi connectivity index (χ3v) is 9.57. The summed E-state index contributed by atoms with van der Waals surface area (Å²) in [4.78, 5) is 5.31. The molecule has 0 atom stereocenters. The van der Waals surface area contributed by atoms with Crippen molar-refractivity contribution in [1.82, 2.24) is 9.55 Å². The van der Waals surface area contributed by atoms with Gasteiger partial charge in [0.1, 0.15) is 17.0 Å². The standard InChI is InChI=1S/C40H36N2O/c1-23(2)25-14-11-15-26(24(3)4)37(25)42-33-20-10-9-19-32(33)41-39(42)29-17-12-16-28-36-34(43-38(28)29)22-21-31-35(36)27-13-7-8-18-30(27)40(31,5)6/h7-24H,1-6H3. The number of imidazole rings is 1. The molecule has 0 spiro atoms. The number of nitrogens with zero attached hydrogens (tertiary/aromatic N) is 2. The Morgan fingerprint density at radius 3 is 2.12 bits per heavy atom. The van der Waals surface area contributed by atoms with Crippen molar-refractivity contribution < 1.29 is 4.42 Å². The van der Waals surface area contributed by atoms with Crippen molar-refractivity contribution in [2.45, 2.75) is 58.8 Å². The van der Waals surface area contributed by atoms with E-state index in [4.69, 9.17) is 9.40 Å². The predicted molar refractivity (Wildman–Crippen MR) is 180 cm³/mol. The summed E-state index contributed by atoms with van der Waals surface area (Å²) in [6, 6.07) is 35.1. The van der Waals surface area contributed by atoms with Crippen molar-refractivity contribution in [3.63, 3.8) is 0 Å². The van der Waals surface area contributed by atoms with Gasteiger partial charge in [-0.1, -0.05) is 114 Å². The maximum Gasteiger partial charge on any atom is 0.149 e. The number of fused-ring (bicyclic) bond motifs is 8. The molecule has 1 aliphatic carbocycles. The van der Waals surface area contributed by atoms with E-state index in [9.17, 15) is 0 Å². The van der Waals surface area contributed by atoms with Crippen LogP contribution >= 0.6 is 0 Å². The average molecular weight is 561 g/mol. The fourth-order valence-corrected chi connectivity index (χ4v) is 7.46. The van der Waals surface area contributed by atoms with E-state index >= 15 is 0 Å². The first kappa shape index (κ1) is 26.0. The highest BCUT2D eigenvalue weighted by molar-refractivity contribution is 6.17. The van der Waals surface area contributed by atoms with Crippen molar-refractivity contribution in [3.8, 4) is 28.2 Å². The number of hydrogen-bond donors (Lipinski definition) is 0. The molecule has 3 nitrogen and oxygen atoms in total. The highest BCUT2D eigenvalue weighted by Crippen LogP contribution is 2.53. The zero-order chi connectivity index (χ0) is 29.6. The minimum absolute atomic E-state index is 0.0664. The number of hydrogen-bond acceptors (Lipinski definition) is 2. The predicted octanol–water partition coefficient (Wildman–Crippen LogP) is 11.1. The summed E-state index contributed by atoms with van der Waals surface area (Å²) in [5, 5.41) is 2.33. The van der Waals surface area contributed by atoms with Gasteiger partial charge in [-0.3, -0.25) is 4.57 Å². The second kappa shape index (κ2) is 9.18. The highest BCUT2D eigenvalue weighted by atomic mass is 16.3. The lowest BCUT2D eigenvalue weighted by atomic mass is 9.82. The van der Waals surface area contributed by atoms with Crippen LogP contribution in [0.2, 0.25) is 0 Å². The molecule has 0 fully saturated rings. The van der Waals surface area contributed by atoms with E-state index in [1.165, 1.54) is 44.5 Å². The second-order valence-electron chi connectivity index (χ2n) is 13.2. The van der Waals surface area contributed by atoms with Crippen LogP contribution in [0.15, 0.2) is 101 Å². The van der Waals surface area contributed by atoms with Crippen LogP contribution in [0.5, 0.6) is 0 Å². The molecule has 0 saturated carbocycles. The molecule has 8 rings (SSSR count). The zero-order valence-corrected chi connectivity index (χ0v) is 25.7. The molecule has 2 heterocycles. The van der Waals surface area contributed by atoms with Gasteiger partial charge in [-0.2, -0.15) is 0 Å². The Morgan fingerprint density at radius 2 is 1.35 bits per heavy atom. The SMILES string of the molecule is CC(C)c1cccc(C(C)C)c1-n1c(-c2cccc3c2oc2ccc4c(c23)-c2ccccc2C4(C)C)nc2ccccc21. The van der Waals surface area contributed by atoms with Crippen molar-refractivity contribution in [2.75, 3.05) is 0 Å². The van der Waals surface area contributed by atoms with Crippen molar-refractivity contribution >= 4 is 33.0 Å². The molecule has 0 saturated heterocycles. The molecular formula is C40H36N2O. The van der Waals surface area contributed by atoms with E-state index in [2.05, 4.69) is 143 Å². The van der Waals surface area contributed by atoms with Gasteiger partial charge in [0.05, 0.1) is 22.3 Å². The topological polar surface area (TPSA) is 31.0 Å². The molecule has 0 amide bonds. The molecule has 0 N–H and O–H groups in total. The summed E-state index contributed by atoms with van der Waals surface area (Å²) in [5.74, 6) is 1.63. The summed E-state index contributed by atoms with van der Waals surface area (Å²) in [5.41, 5.74) is 14.1. The van der Waals surface area contributed by atoms with Crippen LogP contribution in [0.1, 0.15) is 75.6 Å². The van der Waals surface area contributed by atoms with Crippen LogP contribution < -0.4 is 0 Å². The van der Waals surface area contributed by atoms with E-state index in [0.717, 1.165) is 39.0 Å². The first-order valence-corrected chi connectivity index (χ1v) is 15.5. The third-order valence-electron chi connectivity index (χ3n) is 9.57. The van der Waals surface area contributed by atoms with Gasteiger partial charge in [-0.15, -0.1) is 0 Å². The summed E-state index contributed by atoms with van der Waals surface area (Å²) >= 11 is 0. The van der Waals surface area contributed by atoms with Crippen LogP contribution in [0.4, 0.5) is 0 Å². The molecule has 2 aromatic heterocycles. The monoisotopic (exact) mass is 560 g/mol. The van der Waals surface area contributed by atoms with Crippen molar-refractivity contribution in [1.29, 1.82) is 0 Å². The quantitative estimate of drug-likeness (QED) is 0.214. The van der Waals surface area contributed by atoms with Crippen molar-refractivity contribution in [3.05, 3.63) is 119 Å². The third kappa shape index (κ3) is 3.57. The molecule has 0 bridgehead atoms. The molecule has 7 aromatic rings. The minimum Gasteiger partial charge on any atom is -0.455 e. The number of rotatable bonds is 4. The van der Waals surface area contributed by atoms with E-state index in [1.807, 2.05) is 0 Å².